The molecule has 1 unspecified atom stereocenters. The average molecular weight is 317 g/mol. The summed E-state index contributed by atoms with van der Waals surface area (Å²) in [6, 6.07) is 6.53. The second-order valence-corrected chi connectivity index (χ2v) is 5.44. The van der Waals surface area contributed by atoms with Crippen LogP contribution < -0.4 is 5.32 Å². The van der Waals surface area contributed by atoms with Gasteiger partial charge in [-0.2, -0.15) is 0 Å². The van der Waals surface area contributed by atoms with Crippen LogP contribution in [0.5, 0.6) is 0 Å². The molecule has 1 fully saturated rings. The Morgan fingerprint density at radius 1 is 1.43 bits per heavy atom. The number of halogens is 1. The molecule has 120 valence electrons. The van der Waals surface area contributed by atoms with E-state index in [9.17, 15) is 14.0 Å². The summed E-state index contributed by atoms with van der Waals surface area (Å²) in [5.41, 5.74) is 1.10. The molecule has 23 heavy (non-hydrogen) atoms. The Morgan fingerprint density at radius 2 is 2.17 bits per heavy atom. The monoisotopic (exact) mass is 317 g/mol. The summed E-state index contributed by atoms with van der Waals surface area (Å²) in [5, 5.41) is 6.54. The lowest BCUT2D eigenvalue weighted by Crippen LogP contribution is -2.52. The summed E-state index contributed by atoms with van der Waals surface area (Å²) in [7, 11) is 0. The Kier molecular flexibility index (Phi) is 4.10. The fourth-order valence-electron chi connectivity index (χ4n) is 2.67. The molecule has 0 aliphatic carbocycles. The standard InChI is InChI=1S/C16H16FN3O3/c1-10-8-13(19-23-10)9-14(21)20-7-6-18-16(22)15(20)11-2-4-12(17)5-3-11/h2-5,8,15H,6-7,9H2,1H3,(H,18,22). The van der Waals surface area contributed by atoms with Gasteiger partial charge < -0.3 is 14.7 Å². The zero-order valence-electron chi connectivity index (χ0n) is 12.6. The topological polar surface area (TPSA) is 75.4 Å². The molecule has 6 nitrogen and oxygen atoms in total. The first-order chi connectivity index (χ1) is 11.0. The van der Waals surface area contributed by atoms with Crippen molar-refractivity contribution < 1.29 is 18.5 Å². The van der Waals surface area contributed by atoms with E-state index < -0.39 is 6.04 Å². The number of carbonyl (C=O) groups excluding carboxylic acids is 2. The molecule has 2 amide bonds. The highest BCUT2D eigenvalue weighted by atomic mass is 19.1. The van der Waals surface area contributed by atoms with Crippen molar-refractivity contribution in [2.24, 2.45) is 0 Å². The van der Waals surface area contributed by atoms with Crippen LogP contribution in [0.3, 0.4) is 0 Å². The van der Waals surface area contributed by atoms with Crippen molar-refractivity contribution in [3.8, 4) is 0 Å². The number of aromatic nitrogens is 1. The molecule has 1 aliphatic rings. The maximum atomic E-state index is 13.1. The molecule has 1 aromatic carbocycles. The second-order valence-electron chi connectivity index (χ2n) is 5.44. The van der Waals surface area contributed by atoms with Crippen LogP contribution in [0.4, 0.5) is 4.39 Å². The van der Waals surface area contributed by atoms with Gasteiger partial charge >= 0.3 is 0 Å². The third-order valence-electron chi connectivity index (χ3n) is 3.73. The SMILES string of the molecule is Cc1cc(CC(=O)N2CCNC(=O)C2c2ccc(F)cc2)no1. The molecular formula is C16H16FN3O3. The molecule has 1 N–H and O–H groups in total. The van der Waals surface area contributed by atoms with Crippen molar-refractivity contribution in [1.82, 2.24) is 15.4 Å². The van der Waals surface area contributed by atoms with Gasteiger partial charge in [0, 0.05) is 19.2 Å². The van der Waals surface area contributed by atoms with Gasteiger partial charge in [-0.05, 0) is 24.6 Å². The van der Waals surface area contributed by atoms with Gasteiger partial charge in [0.05, 0.1) is 12.1 Å². The van der Waals surface area contributed by atoms with Crippen LogP contribution in [0.1, 0.15) is 23.1 Å². The fraction of sp³-hybridized carbons (Fsp3) is 0.312. The molecule has 1 saturated heterocycles. The van der Waals surface area contributed by atoms with E-state index in [1.165, 1.54) is 29.2 Å². The van der Waals surface area contributed by atoms with Crippen LogP contribution in [0.2, 0.25) is 0 Å². The number of hydrogen-bond acceptors (Lipinski definition) is 4. The molecule has 1 aromatic heterocycles. The first-order valence-electron chi connectivity index (χ1n) is 7.29. The molecule has 7 heteroatoms. The number of hydrogen-bond donors (Lipinski definition) is 1. The van der Waals surface area contributed by atoms with E-state index in [1.54, 1.807) is 13.0 Å². The highest BCUT2D eigenvalue weighted by Gasteiger charge is 2.34. The zero-order chi connectivity index (χ0) is 16.4. The molecule has 0 spiro atoms. The third kappa shape index (κ3) is 3.23. The van der Waals surface area contributed by atoms with Crippen LogP contribution >= 0.6 is 0 Å². The van der Waals surface area contributed by atoms with Gasteiger partial charge in [-0.25, -0.2) is 4.39 Å². The number of nitrogens with zero attached hydrogens (tertiary/aromatic N) is 2. The largest absolute Gasteiger partial charge is 0.361 e. The average Bonchev–Trinajstić information content (AvgIpc) is 2.93. The minimum absolute atomic E-state index is 0.0579. The van der Waals surface area contributed by atoms with Crippen molar-refractivity contribution in [3.05, 3.63) is 53.2 Å². The first-order valence-corrected chi connectivity index (χ1v) is 7.29. The summed E-state index contributed by atoms with van der Waals surface area (Å²) in [5.74, 6) is -0.254. The smallest absolute Gasteiger partial charge is 0.247 e. The number of carbonyl (C=O) groups is 2. The van der Waals surface area contributed by atoms with Crippen LogP contribution in [0.15, 0.2) is 34.9 Å². The maximum absolute atomic E-state index is 13.1. The highest BCUT2D eigenvalue weighted by Crippen LogP contribution is 2.24. The highest BCUT2D eigenvalue weighted by molar-refractivity contribution is 5.90. The van der Waals surface area contributed by atoms with Crippen LogP contribution in [0.25, 0.3) is 0 Å². The lowest BCUT2D eigenvalue weighted by molar-refractivity contribution is -0.143. The number of amides is 2. The summed E-state index contributed by atoms with van der Waals surface area (Å²) in [4.78, 5) is 26.3. The summed E-state index contributed by atoms with van der Waals surface area (Å²) in [6.45, 7) is 2.53. The lowest BCUT2D eigenvalue weighted by Gasteiger charge is -2.35. The molecule has 0 bridgehead atoms. The van der Waals surface area contributed by atoms with Crippen LogP contribution in [-0.2, 0) is 16.0 Å². The van der Waals surface area contributed by atoms with E-state index in [1.807, 2.05) is 0 Å². The normalized spacial score (nSPS) is 17.9. The maximum Gasteiger partial charge on any atom is 0.247 e. The molecule has 2 heterocycles. The van der Waals surface area contributed by atoms with E-state index in [0.717, 1.165) is 0 Å². The first kappa shape index (κ1) is 15.2. The van der Waals surface area contributed by atoms with Crippen molar-refractivity contribution in [2.45, 2.75) is 19.4 Å². The van der Waals surface area contributed by atoms with Crippen molar-refractivity contribution in [1.29, 1.82) is 0 Å². The van der Waals surface area contributed by atoms with Crippen LogP contribution in [0, 0.1) is 12.7 Å². The molecule has 0 saturated carbocycles. The summed E-state index contributed by atoms with van der Waals surface area (Å²) in [6.07, 6.45) is 0.0579. The van der Waals surface area contributed by atoms with Crippen molar-refractivity contribution in [3.63, 3.8) is 0 Å². The predicted octanol–water partition coefficient (Wildman–Crippen LogP) is 1.36. The minimum atomic E-state index is -0.759. The Bertz CT molecular complexity index is 726. The Balaban J connectivity index is 1.83. The van der Waals surface area contributed by atoms with Crippen LogP contribution in [-0.4, -0.2) is 35.0 Å². The van der Waals surface area contributed by atoms with Gasteiger partial charge in [-0.1, -0.05) is 17.3 Å². The zero-order valence-corrected chi connectivity index (χ0v) is 12.6. The lowest BCUT2D eigenvalue weighted by atomic mass is 10.0. The Morgan fingerprint density at radius 3 is 2.83 bits per heavy atom. The van der Waals surface area contributed by atoms with Crippen molar-refractivity contribution >= 4 is 11.8 Å². The quantitative estimate of drug-likeness (QED) is 0.927. The molecular weight excluding hydrogens is 301 g/mol. The van der Waals surface area contributed by atoms with Crippen molar-refractivity contribution in [2.75, 3.05) is 13.1 Å². The van der Waals surface area contributed by atoms with Gasteiger partial charge in [-0.3, -0.25) is 9.59 Å². The number of piperazine rings is 1. The number of rotatable bonds is 3. The fourth-order valence-corrected chi connectivity index (χ4v) is 2.67. The van der Waals surface area contributed by atoms with E-state index in [2.05, 4.69) is 10.5 Å². The Hall–Kier alpha value is -2.70. The molecule has 3 rings (SSSR count). The molecule has 1 aliphatic heterocycles. The van der Waals surface area contributed by atoms with E-state index in [0.29, 0.717) is 30.1 Å². The summed E-state index contributed by atoms with van der Waals surface area (Å²) < 4.78 is 18.1. The van der Waals surface area contributed by atoms with Gasteiger partial charge in [0.2, 0.25) is 11.8 Å². The molecule has 2 aromatic rings. The Labute approximate surface area is 132 Å². The van der Waals surface area contributed by atoms with Gasteiger partial charge in [0.25, 0.3) is 0 Å². The second kappa shape index (κ2) is 6.20. The van der Waals surface area contributed by atoms with E-state index in [4.69, 9.17) is 4.52 Å². The van der Waals surface area contributed by atoms with Gasteiger partial charge in [0.1, 0.15) is 17.6 Å². The van der Waals surface area contributed by atoms with Gasteiger partial charge in [0.15, 0.2) is 0 Å². The van der Waals surface area contributed by atoms with E-state index in [-0.39, 0.29) is 24.1 Å². The molecule has 0 radical (unpaired) electrons. The number of aryl methyl sites for hydroxylation is 1. The molecule has 1 atom stereocenters. The number of nitrogens with one attached hydrogen (secondary N) is 1. The van der Waals surface area contributed by atoms with E-state index >= 15 is 0 Å². The third-order valence-corrected chi connectivity index (χ3v) is 3.73. The number of benzene rings is 1. The minimum Gasteiger partial charge on any atom is -0.361 e. The van der Waals surface area contributed by atoms with Gasteiger partial charge in [-0.15, -0.1) is 0 Å². The summed E-state index contributed by atoms with van der Waals surface area (Å²) >= 11 is 0. The predicted molar refractivity (Wildman–Crippen MR) is 78.8 cm³/mol.